The van der Waals surface area contributed by atoms with E-state index in [1.54, 1.807) is 0 Å². The first-order valence-corrected chi connectivity index (χ1v) is 6.23. The van der Waals surface area contributed by atoms with Crippen molar-refractivity contribution in [1.82, 2.24) is 0 Å². The summed E-state index contributed by atoms with van der Waals surface area (Å²) in [6, 6.07) is 8.13. The van der Waals surface area contributed by atoms with E-state index in [4.69, 9.17) is 9.47 Å². The second-order valence-electron chi connectivity index (χ2n) is 4.60. The molecule has 1 aliphatic rings. The molecule has 0 aliphatic carbocycles. The van der Waals surface area contributed by atoms with Crippen LogP contribution in [0.1, 0.15) is 36.7 Å². The smallest absolute Gasteiger partial charge is 0.183 e. The molecule has 0 radical (unpaired) electrons. The summed E-state index contributed by atoms with van der Waals surface area (Å²) in [7, 11) is 0. The normalized spacial score (nSPS) is 26.9. The van der Waals surface area contributed by atoms with Gasteiger partial charge >= 0.3 is 0 Å². The third-order valence-electron chi connectivity index (χ3n) is 2.99. The maximum atomic E-state index is 9.67. The SMILES string of the molecule is Cc1ccc(C2OCCCCC(O)CO2)cc1. The Morgan fingerprint density at radius 1 is 1.12 bits per heavy atom. The Labute approximate surface area is 102 Å². The standard InChI is InChI=1S/C14H20O3/c1-11-5-7-12(8-6-11)14-16-9-3-2-4-13(15)10-17-14/h5-8,13-15H,2-4,9-10H2,1H3. The molecule has 1 aliphatic heterocycles. The molecule has 1 fully saturated rings. The molecule has 0 spiro atoms. The lowest BCUT2D eigenvalue weighted by Crippen LogP contribution is -2.17. The van der Waals surface area contributed by atoms with Gasteiger partial charge in [0, 0.05) is 5.56 Å². The summed E-state index contributed by atoms with van der Waals surface area (Å²) in [4.78, 5) is 0. The summed E-state index contributed by atoms with van der Waals surface area (Å²) in [5.74, 6) is 0. The summed E-state index contributed by atoms with van der Waals surface area (Å²) in [5.41, 5.74) is 2.24. The monoisotopic (exact) mass is 236 g/mol. The molecule has 3 nitrogen and oxygen atoms in total. The highest BCUT2D eigenvalue weighted by Crippen LogP contribution is 2.22. The summed E-state index contributed by atoms with van der Waals surface area (Å²) in [6.07, 6.45) is 2.05. The Balaban J connectivity index is 2.03. The molecular weight excluding hydrogens is 216 g/mol. The molecule has 0 bridgehead atoms. The van der Waals surface area contributed by atoms with Gasteiger partial charge in [-0.3, -0.25) is 0 Å². The zero-order chi connectivity index (χ0) is 12.1. The molecule has 0 amide bonds. The third-order valence-corrected chi connectivity index (χ3v) is 2.99. The Morgan fingerprint density at radius 2 is 1.88 bits per heavy atom. The first-order chi connectivity index (χ1) is 8.25. The van der Waals surface area contributed by atoms with Gasteiger partial charge in [-0.15, -0.1) is 0 Å². The van der Waals surface area contributed by atoms with E-state index in [0.29, 0.717) is 13.2 Å². The highest BCUT2D eigenvalue weighted by atomic mass is 16.7. The predicted octanol–water partition coefficient (Wildman–Crippen LogP) is 2.57. The molecule has 2 unspecified atom stereocenters. The van der Waals surface area contributed by atoms with Crippen molar-refractivity contribution in [3.63, 3.8) is 0 Å². The van der Waals surface area contributed by atoms with Gasteiger partial charge in [0.2, 0.25) is 0 Å². The predicted molar refractivity (Wildman–Crippen MR) is 65.7 cm³/mol. The van der Waals surface area contributed by atoms with E-state index < -0.39 is 0 Å². The number of ether oxygens (including phenoxy) is 2. The molecule has 1 heterocycles. The van der Waals surface area contributed by atoms with Gasteiger partial charge in [0.05, 0.1) is 19.3 Å². The lowest BCUT2D eigenvalue weighted by atomic mass is 10.1. The van der Waals surface area contributed by atoms with Gasteiger partial charge in [-0.25, -0.2) is 0 Å². The lowest BCUT2D eigenvalue weighted by Gasteiger charge is -2.19. The first-order valence-electron chi connectivity index (χ1n) is 6.23. The molecule has 1 aromatic rings. The maximum absolute atomic E-state index is 9.67. The zero-order valence-corrected chi connectivity index (χ0v) is 10.3. The fraction of sp³-hybridized carbons (Fsp3) is 0.571. The van der Waals surface area contributed by atoms with E-state index in [0.717, 1.165) is 24.8 Å². The lowest BCUT2D eigenvalue weighted by molar-refractivity contribution is -0.157. The van der Waals surface area contributed by atoms with E-state index in [1.165, 1.54) is 5.56 Å². The highest BCUT2D eigenvalue weighted by molar-refractivity contribution is 5.22. The van der Waals surface area contributed by atoms with Crippen molar-refractivity contribution in [1.29, 1.82) is 0 Å². The quantitative estimate of drug-likeness (QED) is 0.814. The van der Waals surface area contributed by atoms with Gasteiger partial charge in [0.25, 0.3) is 0 Å². The van der Waals surface area contributed by atoms with E-state index in [1.807, 2.05) is 24.3 Å². The van der Waals surface area contributed by atoms with E-state index in [-0.39, 0.29) is 12.4 Å². The second-order valence-corrected chi connectivity index (χ2v) is 4.60. The summed E-state index contributed by atoms with van der Waals surface area (Å²) >= 11 is 0. The Bertz CT molecular complexity index is 334. The maximum Gasteiger partial charge on any atom is 0.183 e. The van der Waals surface area contributed by atoms with E-state index in [2.05, 4.69) is 6.92 Å². The number of hydrogen-bond acceptors (Lipinski definition) is 3. The second kappa shape index (κ2) is 6.15. The van der Waals surface area contributed by atoms with Crippen LogP contribution in [0.5, 0.6) is 0 Å². The topological polar surface area (TPSA) is 38.7 Å². The number of benzene rings is 1. The average Bonchev–Trinajstić information content (AvgIpc) is 2.43. The van der Waals surface area contributed by atoms with Crippen LogP contribution in [0.2, 0.25) is 0 Å². The Kier molecular flexibility index (Phi) is 4.54. The number of rotatable bonds is 1. The Hall–Kier alpha value is -0.900. The molecule has 2 rings (SSSR count). The van der Waals surface area contributed by atoms with E-state index >= 15 is 0 Å². The molecule has 2 atom stereocenters. The van der Waals surface area contributed by atoms with Gasteiger partial charge < -0.3 is 14.6 Å². The zero-order valence-electron chi connectivity index (χ0n) is 10.3. The molecule has 3 heteroatoms. The van der Waals surface area contributed by atoms with Gasteiger partial charge in [-0.05, 0) is 26.2 Å². The highest BCUT2D eigenvalue weighted by Gasteiger charge is 2.16. The number of hydrogen-bond donors (Lipinski definition) is 1. The van der Waals surface area contributed by atoms with Crippen molar-refractivity contribution in [2.75, 3.05) is 13.2 Å². The van der Waals surface area contributed by atoms with Crippen LogP contribution in [0.4, 0.5) is 0 Å². The van der Waals surface area contributed by atoms with Crippen LogP contribution in [0, 0.1) is 6.92 Å². The van der Waals surface area contributed by atoms with Crippen LogP contribution in [0.3, 0.4) is 0 Å². The van der Waals surface area contributed by atoms with Crippen LogP contribution in [-0.2, 0) is 9.47 Å². The molecule has 17 heavy (non-hydrogen) atoms. The molecule has 1 aromatic carbocycles. The molecular formula is C14H20O3. The van der Waals surface area contributed by atoms with Crippen LogP contribution >= 0.6 is 0 Å². The van der Waals surface area contributed by atoms with Gasteiger partial charge in [0.15, 0.2) is 6.29 Å². The van der Waals surface area contributed by atoms with Gasteiger partial charge in [0.1, 0.15) is 0 Å². The largest absolute Gasteiger partial charge is 0.391 e. The minimum atomic E-state index is -0.371. The first kappa shape index (κ1) is 12.6. The van der Waals surface area contributed by atoms with E-state index in [9.17, 15) is 5.11 Å². The summed E-state index contributed by atoms with van der Waals surface area (Å²) in [5, 5.41) is 9.67. The average molecular weight is 236 g/mol. The van der Waals surface area contributed by atoms with Crippen molar-refractivity contribution in [3.8, 4) is 0 Å². The van der Waals surface area contributed by atoms with Crippen LogP contribution in [0.25, 0.3) is 0 Å². The van der Waals surface area contributed by atoms with Crippen molar-refractivity contribution >= 4 is 0 Å². The van der Waals surface area contributed by atoms with Gasteiger partial charge in [-0.1, -0.05) is 29.8 Å². The van der Waals surface area contributed by atoms with Crippen molar-refractivity contribution in [3.05, 3.63) is 35.4 Å². The molecule has 1 saturated heterocycles. The Morgan fingerprint density at radius 3 is 2.65 bits per heavy atom. The van der Waals surface area contributed by atoms with Crippen molar-refractivity contribution < 1.29 is 14.6 Å². The summed E-state index contributed by atoms with van der Waals surface area (Å²) < 4.78 is 11.3. The fourth-order valence-electron chi connectivity index (χ4n) is 1.92. The van der Waals surface area contributed by atoms with Crippen LogP contribution in [-0.4, -0.2) is 24.4 Å². The van der Waals surface area contributed by atoms with Gasteiger partial charge in [-0.2, -0.15) is 0 Å². The fourth-order valence-corrected chi connectivity index (χ4v) is 1.92. The minimum absolute atomic E-state index is 0.344. The number of aliphatic hydroxyl groups excluding tert-OH is 1. The minimum Gasteiger partial charge on any atom is -0.391 e. The molecule has 1 N–H and O–H groups in total. The van der Waals surface area contributed by atoms with Crippen molar-refractivity contribution in [2.45, 2.75) is 38.6 Å². The molecule has 0 aromatic heterocycles. The van der Waals surface area contributed by atoms with Crippen molar-refractivity contribution in [2.24, 2.45) is 0 Å². The van der Waals surface area contributed by atoms with Crippen LogP contribution in [0.15, 0.2) is 24.3 Å². The van der Waals surface area contributed by atoms with Crippen LogP contribution < -0.4 is 0 Å². The number of aliphatic hydroxyl groups is 1. The number of aryl methyl sites for hydroxylation is 1. The third kappa shape index (κ3) is 3.80. The summed E-state index contributed by atoms with van der Waals surface area (Å²) in [6.45, 7) is 3.09. The molecule has 94 valence electrons. The molecule has 0 saturated carbocycles.